The number of ketones is 2. The molecule has 0 saturated heterocycles. The molecular weight excluding hydrogens is 384 g/mol. The van der Waals surface area contributed by atoms with Crippen LogP contribution in [0.25, 0.3) is 0 Å². The summed E-state index contributed by atoms with van der Waals surface area (Å²) in [5.74, 6) is 1.70. The lowest BCUT2D eigenvalue weighted by Gasteiger charge is -2.14. The lowest BCUT2D eigenvalue weighted by atomic mass is 10.0. The van der Waals surface area contributed by atoms with E-state index < -0.39 is 0 Å². The minimum absolute atomic E-state index is 0.0460. The van der Waals surface area contributed by atoms with E-state index in [1.807, 2.05) is 26.0 Å². The summed E-state index contributed by atoms with van der Waals surface area (Å²) < 4.78 is 5.90. The maximum Gasteiger partial charge on any atom is 0.163 e. The Morgan fingerprint density at radius 2 is 1.93 bits per heavy atom. The Bertz CT molecular complexity index is 845. The predicted octanol–water partition coefficient (Wildman–Crippen LogP) is 5.63. The Morgan fingerprint density at radius 3 is 2.62 bits per heavy atom. The molecule has 0 radical (unpaired) electrons. The zero-order valence-corrected chi connectivity index (χ0v) is 18.3. The third kappa shape index (κ3) is 6.93. The van der Waals surface area contributed by atoms with Crippen molar-refractivity contribution in [2.24, 2.45) is 0 Å². The van der Waals surface area contributed by atoms with Crippen LogP contribution in [0.15, 0.2) is 41.3 Å². The Morgan fingerprint density at radius 1 is 1.14 bits per heavy atom. The van der Waals surface area contributed by atoms with Crippen molar-refractivity contribution in [2.75, 3.05) is 12.4 Å². The number of hydrogen-bond donors (Lipinski definition) is 1. The Kier molecular flexibility index (Phi) is 9.26. The van der Waals surface area contributed by atoms with Gasteiger partial charge in [-0.25, -0.2) is 0 Å². The molecule has 0 spiro atoms. The molecule has 0 heterocycles. The van der Waals surface area contributed by atoms with Gasteiger partial charge in [0.1, 0.15) is 17.3 Å². The van der Waals surface area contributed by atoms with Gasteiger partial charge in [0.05, 0.1) is 12.2 Å². The summed E-state index contributed by atoms with van der Waals surface area (Å²) in [6, 6.07) is 11.5. The Hall–Kier alpha value is -2.27. The second-order valence-electron chi connectivity index (χ2n) is 7.01. The molecule has 0 aliphatic carbocycles. The largest absolute Gasteiger partial charge is 0.507 e. The van der Waals surface area contributed by atoms with Crippen LogP contribution in [-0.2, 0) is 17.6 Å². The summed E-state index contributed by atoms with van der Waals surface area (Å²) in [4.78, 5) is 24.4. The summed E-state index contributed by atoms with van der Waals surface area (Å²) in [7, 11) is 0. The van der Waals surface area contributed by atoms with E-state index in [0.29, 0.717) is 42.7 Å². The van der Waals surface area contributed by atoms with Crippen molar-refractivity contribution < 1.29 is 19.4 Å². The van der Waals surface area contributed by atoms with Crippen LogP contribution in [0.2, 0.25) is 0 Å². The smallest absolute Gasteiger partial charge is 0.163 e. The number of Topliss-reactive ketones (excluding diaryl/α,β-unsaturated/α-hetero) is 2. The van der Waals surface area contributed by atoms with E-state index in [9.17, 15) is 14.7 Å². The van der Waals surface area contributed by atoms with E-state index in [0.717, 1.165) is 29.1 Å². The molecule has 0 aromatic heterocycles. The van der Waals surface area contributed by atoms with Gasteiger partial charge in [0.2, 0.25) is 0 Å². The maximum atomic E-state index is 11.6. The van der Waals surface area contributed by atoms with Crippen molar-refractivity contribution >= 4 is 23.3 Å². The summed E-state index contributed by atoms with van der Waals surface area (Å²) in [5, 5.41) is 10.4. The van der Waals surface area contributed by atoms with Gasteiger partial charge in [0.15, 0.2) is 5.78 Å². The topological polar surface area (TPSA) is 63.6 Å². The van der Waals surface area contributed by atoms with Gasteiger partial charge in [0, 0.05) is 29.1 Å². The van der Waals surface area contributed by atoms with Gasteiger partial charge in [-0.2, -0.15) is 0 Å². The monoisotopic (exact) mass is 414 g/mol. The first kappa shape index (κ1) is 23.0. The highest BCUT2D eigenvalue weighted by Crippen LogP contribution is 2.33. The standard InChI is InChI=1S/C24H30O4S/c1-4-8-22-23(12-11-21(17(3)25)24(22)27)28-13-7-14-29-20-10-6-9-18(16-20)15-19(26)5-2/h6,9-12,16,27H,4-5,7-8,13-15H2,1-3H3. The third-order valence-corrected chi connectivity index (χ3v) is 5.71. The maximum absolute atomic E-state index is 11.6. The van der Waals surface area contributed by atoms with E-state index in [4.69, 9.17) is 4.74 Å². The highest BCUT2D eigenvalue weighted by atomic mass is 32.2. The third-order valence-electron chi connectivity index (χ3n) is 4.63. The normalized spacial score (nSPS) is 10.7. The molecule has 2 aromatic rings. The Labute approximate surface area is 177 Å². The molecule has 0 atom stereocenters. The van der Waals surface area contributed by atoms with E-state index in [1.54, 1.807) is 23.9 Å². The summed E-state index contributed by atoms with van der Waals surface area (Å²) in [6.45, 7) is 5.91. The molecule has 0 unspecified atom stereocenters. The van der Waals surface area contributed by atoms with Crippen LogP contribution in [0.5, 0.6) is 11.5 Å². The number of phenols is 1. The van der Waals surface area contributed by atoms with E-state index >= 15 is 0 Å². The van der Waals surface area contributed by atoms with Gasteiger partial charge in [-0.15, -0.1) is 11.8 Å². The minimum atomic E-state index is -0.148. The molecule has 0 aliphatic rings. The van der Waals surface area contributed by atoms with Gasteiger partial charge in [-0.1, -0.05) is 32.4 Å². The molecule has 29 heavy (non-hydrogen) atoms. The second kappa shape index (κ2) is 11.7. The summed E-state index contributed by atoms with van der Waals surface area (Å²) in [5.41, 5.74) is 2.11. The molecule has 1 N–H and O–H groups in total. The molecule has 156 valence electrons. The number of carbonyl (C=O) groups is 2. The SMILES string of the molecule is CCCc1c(OCCCSc2cccc(CC(=O)CC)c2)ccc(C(C)=O)c1O. The number of benzene rings is 2. The summed E-state index contributed by atoms with van der Waals surface area (Å²) in [6.07, 6.45) is 3.44. The lowest BCUT2D eigenvalue weighted by molar-refractivity contribution is -0.118. The first-order chi connectivity index (χ1) is 14.0. The molecule has 2 rings (SSSR count). The average molecular weight is 415 g/mol. The number of ether oxygens (including phenoxy) is 1. The van der Waals surface area contributed by atoms with Crippen LogP contribution in [0, 0.1) is 0 Å². The highest BCUT2D eigenvalue weighted by Gasteiger charge is 2.15. The van der Waals surface area contributed by atoms with Crippen LogP contribution < -0.4 is 4.74 Å². The molecule has 0 bridgehead atoms. The molecule has 2 aromatic carbocycles. The van der Waals surface area contributed by atoms with Crippen molar-refractivity contribution in [2.45, 2.75) is 57.8 Å². The molecular formula is C24H30O4S. The zero-order chi connectivity index (χ0) is 21.2. The summed E-state index contributed by atoms with van der Waals surface area (Å²) >= 11 is 1.74. The second-order valence-corrected chi connectivity index (χ2v) is 8.18. The fraction of sp³-hybridized carbons (Fsp3) is 0.417. The van der Waals surface area contributed by atoms with Crippen LogP contribution in [0.4, 0.5) is 0 Å². The Balaban J connectivity index is 1.88. The number of thioether (sulfide) groups is 1. The van der Waals surface area contributed by atoms with Gasteiger partial charge < -0.3 is 9.84 Å². The average Bonchev–Trinajstić information content (AvgIpc) is 2.70. The van der Waals surface area contributed by atoms with Crippen LogP contribution >= 0.6 is 11.8 Å². The molecule has 0 saturated carbocycles. The van der Waals surface area contributed by atoms with Crippen molar-refractivity contribution in [3.05, 3.63) is 53.1 Å². The number of phenolic OH excluding ortho intramolecular Hbond substituents is 1. The zero-order valence-electron chi connectivity index (χ0n) is 17.5. The van der Waals surface area contributed by atoms with Crippen molar-refractivity contribution in [1.82, 2.24) is 0 Å². The quantitative estimate of drug-likeness (QED) is 0.277. The van der Waals surface area contributed by atoms with Crippen molar-refractivity contribution in [3.63, 3.8) is 0 Å². The predicted molar refractivity (Wildman–Crippen MR) is 118 cm³/mol. The van der Waals surface area contributed by atoms with Gasteiger partial charge in [-0.05, 0) is 49.6 Å². The molecule has 0 amide bonds. The van der Waals surface area contributed by atoms with Crippen molar-refractivity contribution in [3.8, 4) is 11.5 Å². The van der Waals surface area contributed by atoms with Gasteiger partial charge in [0.25, 0.3) is 0 Å². The number of hydrogen-bond acceptors (Lipinski definition) is 5. The fourth-order valence-corrected chi connectivity index (χ4v) is 3.97. The fourth-order valence-electron chi connectivity index (χ4n) is 3.06. The first-order valence-electron chi connectivity index (χ1n) is 10.2. The lowest BCUT2D eigenvalue weighted by Crippen LogP contribution is -2.04. The van der Waals surface area contributed by atoms with Crippen LogP contribution in [0.1, 0.15) is 61.5 Å². The molecule has 5 heteroatoms. The number of rotatable bonds is 12. The van der Waals surface area contributed by atoms with E-state index in [-0.39, 0.29) is 17.3 Å². The molecule has 0 aliphatic heterocycles. The number of aromatic hydroxyl groups is 1. The molecule has 4 nitrogen and oxygen atoms in total. The van der Waals surface area contributed by atoms with E-state index in [1.165, 1.54) is 6.92 Å². The van der Waals surface area contributed by atoms with Crippen LogP contribution in [0.3, 0.4) is 0 Å². The van der Waals surface area contributed by atoms with Gasteiger partial charge >= 0.3 is 0 Å². The van der Waals surface area contributed by atoms with Gasteiger partial charge in [-0.3, -0.25) is 9.59 Å². The molecule has 0 fully saturated rings. The minimum Gasteiger partial charge on any atom is -0.507 e. The van der Waals surface area contributed by atoms with Crippen molar-refractivity contribution in [1.29, 1.82) is 0 Å². The van der Waals surface area contributed by atoms with Crippen LogP contribution in [-0.4, -0.2) is 29.0 Å². The number of carbonyl (C=O) groups excluding carboxylic acids is 2. The first-order valence-corrected chi connectivity index (χ1v) is 11.2. The van der Waals surface area contributed by atoms with E-state index in [2.05, 4.69) is 12.1 Å². The highest BCUT2D eigenvalue weighted by molar-refractivity contribution is 7.99.